The van der Waals surface area contributed by atoms with Crippen LogP contribution in [-0.4, -0.2) is 37.7 Å². The average molecular weight is 355 g/mol. The molecule has 2 aromatic rings. The third-order valence-corrected chi connectivity index (χ3v) is 5.71. The summed E-state index contributed by atoms with van der Waals surface area (Å²) in [6, 6.07) is 15.0. The Kier molecular flexibility index (Phi) is 5.69. The van der Waals surface area contributed by atoms with Gasteiger partial charge in [0.15, 0.2) is 0 Å². The summed E-state index contributed by atoms with van der Waals surface area (Å²) in [5, 5.41) is 0. The molecule has 0 saturated carbocycles. The molecule has 0 fully saturated rings. The molecule has 0 spiro atoms. The molecule has 1 aliphatic rings. The van der Waals surface area contributed by atoms with E-state index >= 15 is 0 Å². The number of fused-ring (bicyclic) bond motifs is 1. The number of thioether (sulfide) groups is 1. The van der Waals surface area contributed by atoms with Gasteiger partial charge in [0.05, 0.1) is 5.75 Å². The van der Waals surface area contributed by atoms with Crippen LogP contribution in [0.2, 0.25) is 0 Å². The first-order valence-corrected chi connectivity index (χ1v) is 9.76. The molecule has 0 heterocycles. The summed E-state index contributed by atoms with van der Waals surface area (Å²) in [6.07, 6.45) is 3.65. The molecule has 0 unspecified atom stereocenters. The van der Waals surface area contributed by atoms with Crippen molar-refractivity contribution < 1.29 is 4.79 Å². The number of amides is 1. The fourth-order valence-electron chi connectivity index (χ4n) is 3.15. The highest BCUT2D eigenvalue weighted by Crippen LogP contribution is 2.27. The second-order valence-corrected chi connectivity index (χ2v) is 7.93. The first kappa shape index (κ1) is 17.9. The number of carbonyl (C=O) groups is 1. The van der Waals surface area contributed by atoms with Crippen molar-refractivity contribution in [2.45, 2.75) is 30.7 Å². The van der Waals surface area contributed by atoms with Gasteiger partial charge in [-0.15, -0.1) is 11.8 Å². The number of nitrogens with zero attached hydrogens (tertiary/aromatic N) is 2. The summed E-state index contributed by atoms with van der Waals surface area (Å²) in [5.74, 6) is 0.660. The Morgan fingerprint density at radius 1 is 1.00 bits per heavy atom. The molecule has 0 aliphatic heterocycles. The van der Waals surface area contributed by atoms with Crippen LogP contribution in [0.1, 0.15) is 23.1 Å². The fourth-order valence-corrected chi connectivity index (χ4v) is 4.06. The van der Waals surface area contributed by atoms with Gasteiger partial charge in [0.1, 0.15) is 0 Å². The lowest BCUT2D eigenvalue weighted by atomic mass is 10.1. The molecule has 1 aliphatic carbocycles. The summed E-state index contributed by atoms with van der Waals surface area (Å²) in [4.78, 5) is 17.5. The lowest BCUT2D eigenvalue weighted by Gasteiger charge is -2.18. The Morgan fingerprint density at radius 3 is 2.44 bits per heavy atom. The quantitative estimate of drug-likeness (QED) is 0.733. The number of benzene rings is 2. The largest absolute Gasteiger partial charge is 0.378 e. The van der Waals surface area contributed by atoms with Crippen LogP contribution < -0.4 is 4.90 Å². The SMILES string of the molecule is CN(Cc1ccc(N(C)C)cc1)C(=O)CSc1ccc2c(c1)CCC2. The van der Waals surface area contributed by atoms with Crippen LogP contribution in [0.3, 0.4) is 0 Å². The predicted molar refractivity (Wildman–Crippen MR) is 106 cm³/mol. The van der Waals surface area contributed by atoms with E-state index in [2.05, 4.69) is 47.4 Å². The summed E-state index contributed by atoms with van der Waals surface area (Å²) < 4.78 is 0. The van der Waals surface area contributed by atoms with Crippen molar-refractivity contribution in [2.24, 2.45) is 0 Å². The number of hydrogen-bond acceptors (Lipinski definition) is 3. The van der Waals surface area contributed by atoms with Gasteiger partial charge in [-0.05, 0) is 60.2 Å². The van der Waals surface area contributed by atoms with E-state index in [0.29, 0.717) is 12.3 Å². The second kappa shape index (κ2) is 7.96. The maximum atomic E-state index is 12.4. The van der Waals surface area contributed by atoms with Crippen LogP contribution in [0.15, 0.2) is 47.4 Å². The highest BCUT2D eigenvalue weighted by Gasteiger charge is 2.13. The molecule has 0 N–H and O–H groups in total. The fraction of sp³-hybridized carbons (Fsp3) is 0.381. The molecule has 3 nitrogen and oxygen atoms in total. The molecular formula is C21H26N2OS. The zero-order valence-corrected chi connectivity index (χ0v) is 16.1. The van der Waals surface area contributed by atoms with Gasteiger partial charge in [0.25, 0.3) is 0 Å². The lowest BCUT2D eigenvalue weighted by molar-refractivity contribution is -0.127. The number of hydrogen-bond donors (Lipinski definition) is 0. The van der Waals surface area contributed by atoms with E-state index in [1.165, 1.54) is 41.0 Å². The summed E-state index contributed by atoms with van der Waals surface area (Å²) in [7, 11) is 5.94. The minimum atomic E-state index is 0.169. The van der Waals surface area contributed by atoms with E-state index in [4.69, 9.17) is 0 Å². The Bertz CT molecular complexity index is 740. The molecule has 2 aromatic carbocycles. The number of aryl methyl sites for hydroxylation is 2. The molecule has 0 bridgehead atoms. The Balaban J connectivity index is 1.52. The number of carbonyl (C=O) groups excluding carboxylic acids is 1. The highest BCUT2D eigenvalue weighted by molar-refractivity contribution is 8.00. The van der Waals surface area contributed by atoms with Crippen molar-refractivity contribution in [1.82, 2.24) is 4.90 Å². The minimum Gasteiger partial charge on any atom is -0.378 e. The second-order valence-electron chi connectivity index (χ2n) is 6.88. The van der Waals surface area contributed by atoms with Crippen molar-refractivity contribution in [1.29, 1.82) is 0 Å². The van der Waals surface area contributed by atoms with Crippen LogP contribution in [0.5, 0.6) is 0 Å². The molecule has 1 amide bonds. The van der Waals surface area contributed by atoms with Crippen LogP contribution >= 0.6 is 11.8 Å². The van der Waals surface area contributed by atoms with E-state index in [9.17, 15) is 4.79 Å². The first-order chi connectivity index (χ1) is 12.0. The maximum Gasteiger partial charge on any atom is 0.232 e. The van der Waals surface area contributed by atoms with Crippen LogP contribution in [0.25, 0.3) is 0 Å². The van der Waals surface area contributed by atoms with Crippen LogP contribution in [0, 0.1) is 0 Å². The zero-order valence-electron chi connectivity index (χ0n) is 15.3. The van der Waals surface area contributed by atoms with Gasteiger partial charge >= 0.3 is 0 Å². The summed E-state index contributed by atoms with van der Waals surface area (Å²) in [5.41, 5.74) is 5.27. The molecule has 0 saturated heterocycles. The van der Waals surface area contributed by atoms with Gasteiger partial charge in [0.2, 0.25) is 5.91 Å². The third kappa shape index (κ3) is 4.57. The normalized spacial score (nSPS) is 12.8. The molecule has 132 valence electrons. The molecule has 25 heavy (non-hydrogen) atoms. The van der Waals surface area contributed by atoms with Crippen molar-refractivity contribution >= 4 is 23.4 Å². The van der Waals surface area contributed by atoms with Gasteiger partial charge in [0, 0.05) is 38.3 Å². The van der Waals surface area contributed by atoms with Gasteiger partial charge in [-0.25, -0.2) is 0 Å². The Morgan fingerprint density at radius 2 is 1.72 bits per heavy atom. The molecule has 3 rings (SSSR count). The monoisotopic (exact) mass is 354 g/mol. The van der Waals surface area contributed by atoms with Gasteiger partial charge in [-0.2, -0.15) is 0 Å². The van der Waals surface area contributed by atoms with Crippen molar-refractivity contribution in [3.05, 3.63) is 59.2 Å². The molecule has 0 radical (unpaired) electrons. The minimum absolute atomic E-state index is 0.169. The molecular weight excluding hydrogens is 328 g/mol. The standard InChI is InChI=1S/C21H26N2OS/c1-22(2)19-10-7-16(8-11-19)14-23(3)21(24)15-25-20-12-9-17-5-4-6-18(17)13-20/h7-13H,4-6,14-15H2,1-3H3. The van der Waals surface area contributed by atoms with Crippen LogP contribution in [0.4, 0.5) is 5.69 Å². The topological polar surface area (TPSA) is 23.6 Å². The lowest BCUT2D eigenvalue weighted by Crippen LogP contribution is -2.27. The maximum absolute atomic E-state index is 12.4. The molecule has 4 heteroatoms. The smallest absolute Gasteiger partial charge is 0.232 e. The Hall–Kier alpha value is -1.94. The first-order valence-electron chi connectivity index (χ1n) is 8.78. The van der Waals surface area contributed by atoms with Gasteiger partial charge in [-0.3, -0.25) is 4.79 Å². The van der Waals surface area contributed by atoms with Crippen molar-refractivity contribution in [3.8, 4) is 0 Å². The average Bonchev–Trinajstić information content (AvgIpc) is 3.07. The van der Waals surface area contributed by atoms with Crippen molar-refractivity contribution in [2.75, 3.05) is 31.8 Å². The number of anilines is 1. The zero-order chi connectivity index (χ0) is 17.8. The van der Waals surface area contributed by atoms with Crippen LogP contribution in [-0.2, 0) is 24.2 Å². The van der Waals surface area contributed by atoms with Crippen molar-refractivity contribution in [3.63, 3.8) is 0 Å². The van der Waals surface area contributed by atoms with Gasteiger partial charge < -0.3 is 9.80 Å². The van der Waals surface area contributed by atoms with E-state index in [1.54, 1.807) is 11.8 Å². The Labute approximate surface area is 155 Å². The number of rotatable bonds is 6. The van der Waals surface area contributed by atoms with E-state index in [-0.39, 0.29) is 5.91 Å². The molecule has 0 atom stereocenters. The summed E-state index contributed by atoms with van der Waals surface area (Å²) >= 11 is 1.64. The highest BCUT2D eigenvalue weighted by atomic mass is 32.2. The van der Waals surface area contributed by atoms with E-state index in [0.717, 1.165) is 5.56 Å². The molecule has 0 aromatic heterocycles. The summed E-state index contributed by atoms with van der Waals surface area (Å²) in [6.45, 7) is 0.650. The van der Waals surface area contributed by atoms with E-state index in [1.807, 2.05) is 26.0 Å². The van der Waals surface area contributed by atoms with E-state index < -0.39 is 0 Å². The van der Waals surface area contributed by atoms with Gasteiger partial charge in [-0.1, -0.05) is 18.2 Å². The third-order valence-electron chi connectivity index (χ3n) is 4.73. The predicted octanol–water partition coefficient (Wildman–Crippen LogP) is 3.99.